The first-order valence-corrected chi connectivity index (χ1v) is 3.13. The molecule has 0 aliphatic rings. The van der Waals surface area contributed by atoms with Crippen LogP contribution in [0.5, 0.6) is 5.88 Å². The maximum absolute atomic E-state index is 9.01. The molecule has 0 unspecified atom stereocenters. The number of nitrogens with zero attached hydrogens (tertiary/aromatic N) is 2. The SMILES string of the molecule is [2H]c1c(C#N)nc(OC([2H])([2H])[2H])c([2H])c1B(O)O. The molecule has 0 saturated carbocycles. The summed E-state index contributed by atoms with van der Waals surface area (Å²) in [4.78, 5) is 3.38. The Bertz CT molecular complexity index is 513. The second kappa shape index (κ2) is 3.89. The van der Waals surface area contributed by atoms with Gasteiger partial charge in [-0.2, -0.15) is 5.26 Å². The van der Waals surface area contributed by atoms with Crippen LogP contribution in [-0.4, -0.2) is 29.2 Å². The van der Waals surface area contributed by atoms with Crippen molar-refractivity contribution >= 4 is 12.6 Å². The molecule has 0 bridgehead atoms. The van der Waals surface area contributed by atoms with Crippen LogP contribution in [-0.2, 0) is 0 Å². The Morgan fingerprint density at radius 3 is 3.08 bits per heavy atom. The van der Waals surface area contributed by atoms with Gasteiger partial charge in [0.1, 0.15) is 11.8 Å². The standard InChI is InChI=1S/C7H7BN2O3/c1-13-7-3-5(8(11)12)2-6(4-9)10-7/h2-3,11-12H,1H3/i1D3,2D,3D. The number of ether oxygens (including phenoxy) is 1. The van der Waals surface area contributed by atoms with Crippen molar-refractivity contribution in [2.45, 2.75) is 0 Å². The molecule has 1 aromatic heterocycles. The molecule has 0 aromatic carbocycles. The zero-order valence-corrected chi connectivity index (χ0v) is 6.27. The lowest BCUT2D eigenvalue weighted by molar-refractivity contribution is 0.396. The Hall–Kier alpha value is -1.58. The van der Waals surface area contributed by atoms with Gasteiger partial charge in [-0.3, -0.25) is 0 Å². The number of hydrogen-bond acceptors (Lipinski definition) is 5. The molecule has 1 aromatic rings. The van der Waals surface area contributed by atoms with Gasteiger partial charge in [-0.15, -0.1) is 0 Å². The van der Waals surface area contributed by atoms with E-state index in [4.69, 9.17) is 22.2 Å². The number of hydrogen-bond donors (Lipinski definition) is 2. The molecule has 0 amide bonds. The summed E-state index contributed by atoms with van der Waals surface area (Å²) in [6, 6.07) is 0.0599. The molecule has 0 atom stereocenters. The zero-order chi connectivity index (χ0) is 14.1. The molecule has 6 heteroatoms. The van der Waals surface area contributed by atoms with Crippen LogP contribution < -0.4 is 10.2 Å². The van der Waals surface area contributed by atoms with Gasteiger partial charge in [-0.25, -0.2) is 4.98 Å². The molecule has 2 N–H and O–H groups in total. The van der Waals surface area contributed by atoms with Gasteiger partial charge >= 0.3 is 7.12 Å². The highest BCUT2D eigenvalue weighted by molar-refractivity contribution is 6.58. The number of pyridine rings is 1. The molecule has 0 aliphatic carbocycles. The maximum atomic E-state index is 9.01. The van der Waals surface area contributed by atoms with E-state index >= 15 is 0 Å². The average Bonchev–Trinajstić information content (AvgIpc) is 2.20. The number of rotatable bonds is 2. The number of methoxy groups -OCH3 is 1. The van der Waals surface area contributed by atoms with Crippen LogP contribution in [0.3, 0.4) is 0 Å². The van der Waals surface area contributed by atoms with E-state index in [1.165, 1.54) is 6.07 Å². The van der Waals surface area contributed by atoms with Crippen molar-refractivity contribution in [1.82, 2.24) is 4.98 Å². The van der Waals surface area contributed by atoms with Crippen LogP contribution in [0.15, 0.2) is 12.1 Å². The van der Waals surface area contributed by atoms with Crippen molar-refractivity contribution in [3.63, 3.8) is 0 Å². The van der Waals surface area contributed by atoms with E-state index in [0.717, 1.165) is 0 Å². The lowest BCUT2D eigenvalue weighted by atomic mass is 9.80. The van der Waals surface area contributed by atoms with Crippen molar-refractivity contribution in [1.29, 1.82) is 5.26 Å². The highest BCUT2D eigenvalue weighted by atomic mass is 16.5. The van der Waals surface area contributed by atoms with Crippen LogP contribution in [0.4, 0.5) is 0 Å². The fourth-order valence-corrected chi connectivity index (χ4v) is 0.662. The predicted octanol–water partition coefficient (Wildman–Crippen LogP) is -1.36. The molecule has 0 aliphatic heterocycles. The van der Waals surface area contributed by atoms with Crippen LogP contribution >= 0.6 is 0 Å². The van der Waals surface area contributed by atoms with E-state index in [2.05, 4.69) is 9.72 Å². The van der Waals surface area contributed by atoms with Crippen molar-refractivity contribution < 1.29 is 21.6 Å². The van der Waals surface area contributed by atoms with Gasteiger partial charge < -0.3 is 14.8 Å². The molecular weight excluding hydrogens is 171 g/mol. The quantitative estimate of drug-likeness (QED) is 0.553. The molecule has 0 fully saturated rings. The summed E-state index contributed by atoms with van der Waals surface area (Å²) < 4.78 is 39.8. The average molecular weight is 183 g/mol. The van der Waals surface area contributed by atoms with Gasteiger partial charge in [0.25, 0.3) is 0 Å². The van der Waals surface area contributed by atoms with E-state index in [-0.39, 0.29) is 0 Å². The van der Waals surface area contributed by atoms with E-state index in [1.807, 2.05) is 0 Å². The first kappa shape index (κ1) is 4.60. The van der Waals surface area contributed by atoms with Gasteiger partial charge in [-0.05, 0) is 11.5 Å². The molecule has 1 heterocycles. The summed E-state index contributed by atoms with van der Waals surface area (Å²) in [5.41, 5.74) is -1.20. The third kappa shape index (κ3) is 2.18. The summed E-state index contributed by atoms with van der Waals surface area (Å²) in [7, 11) is -5.12. The minimum absolute atomic E-state index is 0.562. The number of nitriles is 1. The fourth-order valence-electron chi connectivity index (χ4n) is 0.662. The highest BCUT2D eigenvalue weighted by Gasteiger charge is 2.13. The van der Waals surface area contributed by atoms with Crippen LogP contribution in [0.25, 0.3) is 0 Å². The Morgan fingerprint density at radius 2 is 2.54 bits per heavy atom. The molecule has 13 heavy (non-hydrogen) atoms. The van der Waals surface area contributed by atoms with Gasteiger partial charge in [0, 0.05) is 6.04 Å². The second-order valence-electron chi connectivity index (χ2n) is 2.02. The van der Waals surface area contributed by atoms with Gasteiger partial charge in [0.2, 0.25) is 5.88 Å². The minimum atomic E-state index is -2.91. The lowest BCUT2D eigenvalue weighted by Gasteiger charge is -2.02. The molecule has 0 radical (unpaired) electrons. The molecule has 0 saturated heterocycles. The van der Waals surface area contributed by atoms with Gasteiger partial charge in [-0.1, -0.05) is 0 Å². The first-order chi connectivity index (χ1) is 8.17. The molecule has 0 spiro atoms. The second-order valence-corrected chi connectivity index (χ2v) is 2.02. The van der Waals surface area contributed by atoms with Gasteiger partial charge in [0.05, 0.1) is 13.9 Å². The summed E-state index contributed by atoms with van der Waals surface area (Å²) >= 11 is 0. The summed E-state index contributed by atoms with van der Waals surface area (Å²) in [6.45, 7) is 0. The van der Waals surface area contributed by atoms with Crippen molar-refractivity contribution in [2.75, 3.05) is 7.04 Å². The third-order valence-electron chi connectivity index (χ3n) is 1.17. The van der Waals surface area contributed by atoms with Crippen molar-refractivity contribution in [3.05, 3.63) is 17.8 Å². The highest BCUT2D eigenvalue weighted by Crippen LogP contribution is 2.04. The third-order valence-corrected chi connectivity index (χ3v) is 1.17. The summed E-state index contributed by atoms with van der Waals surface area (Å²) in [6.07, 6.45) is 0. The summed E-state index contributed by atoms with van der Waals surface area (Å²) in [5, 5.41) is 26.7. The molecular formula is C7H7BN2O3. The van der Waals surface area contributed by atoms with Crippen LogP contribution in [0.2, 0.25) is 0 Å². The molecule has 5 nitrogen and oxygen atoms in total. The maximum Gasteiger partial charge on any atom is 0.488 e. The summed E-state index contributed by atoms with van der Waals surface area (Å²) in [5.74, 6) is -0.759. The van der Waals surface area contributed by atoms with Gasteiger partial charge in [0.15, 0.2) is 0 Å². The lowest BCUT2D eigenvalue weighted by Crippen LogP contribution is -2.30. The Morgan fingerprint density at radius 1 is 1.77 bits per heavy atom. The van der Waals surface area contributed by atoms with E-state index in [1.54, 1.807) is 0 Å². The Kier molecular flexibility index (Phi) is 1.38. The molecule has 1 rings (SSSR count). The monoisotopic (exact) mass is 183 g/mol. The Labute approximate surface area is 82.4 Å². The smallest absolute Gasteiger partial charge is 0.481 e. The van der Waals surface area contributed by atoms with Crippen LogP contribution in [0, 0.1) is 11.3 Å². The van der Waals surface area contributed by atoms with E-state index in [9.17, 15) is 0 Å². The number of aromatic nitrogens is 1. The van der Waals surface area contributed by atoms with Crippen LogP contribution in [0.1, 0.15) is 12.5 Å². The first-order valence-electron chi connectivity index (χ1n) is 5.63. The van der Waals surface area contributed by atoms with E-state index < -0.39 is 43.3 Å². The van der Waals surface area contributed by atoms with Crippen molar-refractivity contribution in [3.8, 4) is 11.9 Å². The topological polar surface area (TPSA) is 86.4 Å². The molecule has 66 valence electrons. The predicted molar refractivity (Wildman–Crippen MR) is 45.3 cm³/mol. The zero-order valence-electron chi connectivity index (χ0n) is 11.3. The fraction of sp³-hybridized carbons (Fsp3) is 0.143. The normalized spacial score (nSPS) is 15.6. The largest absolute Gasteiger partial charge is 0.488 e. The van der Waals surface area contributed by atoms with Crippen molar-refractivity contribution in [2.24, 2.45) is 0 Å². The Balaban J connectivity index is 3.46. The van der Waals surface area contributed by atoms with E-state index in [0.29, 0.717) is 0 Å². The minimum Gasteiger partial charge on any atom is -0.481 e.